The van der Waals surface area contributed by atoms with Gasteiger partial charge in [-0.2, -0.15) is 0 Å². The van der Waals surface area contributed by atoms with Crippen molar-refractivity contribution >= 4 is 8.32 Å². The zero-order valence-corrected chi connectivity index (χ0v) is 16.2. The van der Waals surface area contributed by atoms with Crippen LogP contribution in [0.1, 0.15) is 41.5 Å². The molecule has 4 nitrogen and oxygen atoms in total. The summed E-state index contributed by atoms with van der Waals surface area (Å²) in [5.41, 5.74) is 0. The standard InChI is InChI=1S/C16H34O4Si/c1-11-13(10-17)19-16(6,18-7)12(2)14(11)20-21(8,9)15(3,4)5/h11-14,17H,10H2,1-9H3/t11-,12+,13+,14-,16-/m0/s1. The maximum absolute atomic E-state index is 9.63. The smallest absolute Gasteiger partial charge is 0.192 e. The molecule has 1 saturated heterocycles. The number of hydrogen-bond acceptors (Lipinski definition) is 4. The van der Waals surface area contributed by atoms with Crippen molar-refractivity contribution in [3.05, 3.63) is 0 Å². The van der Waals surface area contributed by atoms with Crippen molar-refractivity contribution in [2.24, 2.45) is 11.8 Å². The minimum absolute atomic E-state index is 0.00972. The molecule has 0 radical (unpaired) electrons. The van der Waals surface area contributed by atoms with Crippen LogP contribution in [0, 0.1) is 11.8 Å². The Morgan fingerprint density at radius 1 is 1.24 bits per heavy atom. The van der Waals surface area contributed by atoms with E-state index in [4.69, 9.17) is 13.9 Å². The third-order valence-electron chi connectivity index (χ3n) is 5.63. The molecule has 1 N–H and O–H groups in total. The van der Waals surface area contributed by atoms with Crippen molar-refractivity contribution in [2.75, 3.05) is 13.7 Å². The molecule has 0 saturated carbocycles. The zero-order chi connectivity index (χ0) is 16.6. The topological polar surface area (TPSA) is 47.9 Å². The molecular formula is C16H34O4Si. The summed E-state index contributed by atoms with van der Waals surface area (Å²) in [5.74, 6) is -0.468. The van der Waals surface area contributed by atoms with E-state index in [1.807, 2.05) is 6.92 Å². The van der Waals surface area contributed by atoms with Gasteiger partial charge in [-0.05, 0) is 25.1 Å². The summed E-state index contributed by atoms with van der Waals surface area (Å²) in [6.07, 6.45) is -0.220. The maximum Gasteiger partial charge on any atom is 0.192 e. The van der Waals surface area contributed by atoms with Gasteiger partial charge in [0.2, 0.25) is 0 Å². The fourth-order valence-corrected chi connectivity index (χ4v) is 4.10. The van der Waals surface area contributed by atoms with Crippen LogP contribution in [0.2, 0.25) is 18.1 Å². The Hall–Kier alpha value is 0.0569. The average molecular weight is 319 g/mol. The molecule has 0 aromatic heterocycles. The summed E-state index contributed by atoms with van der Waals surface area (Å²) < 4.78 is 18.3. The summed E-state index contributed by atoms with van der Waals surface area (Å²) in [6.45, 7) is 17.4. The van der Waals surface area contributed by atoms with Crippen molar-refractivity contribution in [2.45, 2.75) is 77.7 Å². The van der Waals surface area contributed by atoms with E-state index >= 15 is 0 Å². The second-order valence-corrected chi connectivity index (χ2v) is 12.8. The van der Waals surface area contributed by atoms with Crippen molar-refractivity contribution in [1.82, 2.24) is 0 Å². The number of aliphatic hydroxyl groups excluding tert-OH is 1. The van der Waals surface area contributed by atoms with Gasteiger partial charge >= 0.3 is 0 Å². The second kappa shape index (κ2) is 6.28. The van der Waals surface area contributed by atoms with Crippen LogP contribution in [0.3, 0.4) is 0 Å². The Balaban J connectivity index is 3.07. The van der Waals surface area contributed by atoms with E-state index in [2.05, 4.69) is 47.7 Å². The van der Waals surface area contributed by atoms with Gasteiger partial charge in [0.1, 0.15) is 0 Å². The molecule has 1 aliphatic rings. The van der Waals surface area contributed by atoms with Crippen LogP contribution < -0.4 is 0 Å². The molecule has 0 unspecified atom stereocenters. The lowest BCUT2D eigenvalue weighted by Gasteiger charge is -2.52. The highest BCUT2D eigenvalue weighted by atomic mass is 28.4. The van der Waals surface area contributed by atoms with E-state index in [1.165, 1.54) is 0 Å². The van der Waals surface area contributed by atoms with E-state index < -0.39 is 14.1 Å². The highest BCUT2D eigenvalue weighted by Gasteiger charge is 2.52. The molecule has 0 spiro atoms. The van der Waals surface area contributed by atoms with E-state index in [0.29, 0.717) is 0 Å². The lowest BCUT2D eigenvalue weighted by molar-refractivity contribution is -0.320. The number of hydrogen-bond donors (Lipinski definition) is 1. The van der Waals surface area contributed by atoms with Gasteiger partial charge in [-0.1, -0.05) is 34.6 Å². The minimum atomic E-state index is -1.89. The summed E-state index contributed by atoms with van der Waals surface area (Å²) >= 11 is 0. The first-order chi connectivity index (χ1) is 9.39. The molecule has 0 bridgehead atoms. The highest BCUT2D eigenvalue weighted by molar-refractivity contribution is 6.74. The van der Waals surface area contributed by atoms with E-state index in [-0.39, 0.29) is 35.7 Å². The molecule has 5 atom stereocenters. The van der Waals surface area contributed by atoms with Gasteiger partial charge in [0.05, 0.1) is 18.8 Å². The van der Waals surface area contributed by atoms with Crippen LogP contribution in [0.15, 0.2) is 0 Å². The third kappa shape index (κ3) is 3.70. The van der Waals surface area contributed by atoms with Crippen molar-refractivity contribution in [1.29, 1.82) is 0 Å². The second-order valence-electron chi connectivity index (χ2n) is 8.05. The van der Waals surface area contributed by atoms with Crippen LogP contribution in [0.25, 0.3) is 0 Å². The first-order valence-electron chi connectivity index (χ1n) is 7.91. The first kappa shape index (κ1) is 19.1. The third-order valence-corrected chi connectivity index (χ3v) is 10.1. The summed E-state index contributed by atoms with van der Waals surface area (Å²) in [5, 5.41) is 9.78. The number of methoxy groups -OCH3 is 1. The largest absolute Gasteiger partial charge is 0.413 e. The molecule has 1 aliphatic heterocycles. The predicted octanol–water partition coefficient (Wildman–Crippen LogP) is 3.40. The quantitative estimate of drug-likeness (QED) is 0.807. The van der Waals surface area contributed by atoms with Gasteiger partial charge in [0, 0.05) is 18.9 Å². The van der Waals surface area contributed by atoms with Gasteiger partial charge in [-0.25, -0.2) is 0 Å². The molecule has 1 rings (SSSR count). The fourth-order valence-electron chi connectivity index (χ4n) is 2.64. The van der Waals surface area contributed by atoms with Crippen LogP contribution in [-0.4, -0.2) is 45.1 Å². The molecule has 0 aromatic rings. The molecular weight excluding hydrogens is 284 g/mol. The Morgan fingerprint density at radius 3 is 2.14 bits per heavy atom. The van der Waals surface area contributed by atoms with Gasteiger partial charge in [-0.15, -0.1) is 0 Å². The van der Waals surface area contributed by atoms with Crippen LogP contribution in [0.4, 0.5) is 0 Å². The molecule has 0 aliphatic carbocycles. The first-order valence-corrected chi connectivity index (χ1v) is 10.8. The molecule has 1 fully saturated rings. The van der Waals surface area contributed by atoms with E-state index in [0.717, 1.165) is 0 Å². The van der Waals surface area contributed by atoms with Crippen molar-refractivity contribution in [3.63, 3.8) is 0 Å². The van der Waals surface area contributed by atoms with Crippen LogP contribution in [0.5, 0.6) is 0 Å². The number of aliphatic hydroxyl groups is 1. The molecule has 126 valence electrons. The van der Waals surface area contributed by atoms with Gasteiger partial charge < -0.3 is 19.0 Å². The van der Waals surface area contributed by atoms with Gasteiger partial charge in [-0.3, -0.25) is 0 Å². The normalized spacial score (nSPS) is 38.6. The summed E-state index contributed by atoms with van der Waals surface area (Å²) in [6, 6.07) is 0. The molecule has 21 heavy (non-hydrogen) atoms. The number of ether oxygens (including phenoxy) is 2. The average Bonchev–Trinajstić information content (AvgIpc) is 2.37. The van der Waals surface area contributed by atoms with Crippen molar-refractivity contribution < 1.29 is 19.0 Å². The fraction of sp³-hybridized carbons (Fsp3) is 1.00. The van der Waals surface area contributed by atoms with E-state index in [9.17, 15) is 5.11 Å². The Kier molecular flexibility index (Phi) is 5.71. The summed E-state index contributed by atoms with van der Waals surface area (Å²) in [4.78, 5) is 0. The van der Waals surface area contributed by atoms with Crippen molar-refractivity contribution in [3.8, 4) is 0 Å². The molecule has 0 aromatic carbocycles. The summed E-state index contributed by atoms with van der Waals surface area (Å²) in [7, 11) is -0.229. The molecule has 1 heterocycles. The molecule has 5 heteroatoms. The monoisotopic (exact) mass is 318 g/mol. The predicted molar refractivity (Wildman–Crippen MR) is 87.8 cm³/mol. The Bertz CT molecular complexity index is 353. The SMILES string of the molecule is CO[C@@]1(C)O[C@H](CO)[C@H](C)[C@H](O[Si](C)(C)C(C)(C)C)[C@H]1C. The Morgan fingerprint density at radius 2 is 1.76 bits per heavy atom. The van der Waals surface area contributed by atoms with Crippen LogP contribution >= 0.6 is 0 Å². The lowest BCUT2D eigenvalue weighted by atomic mass is 9.81. The maximum atomic E-state index is 9.63. The minimum Gasteiger partial charge on any atom is -0.413 e. The van der Waals surface area contributed by atoms with Crippen LogP contribution in [-0.2, 0) is 13.9 Å². The molecule has 0 amide bonds. The lowest BCUT2D eigenvalue weighted by Crippen LogP contribution is -2.61. The van der Waals surface area contributed by atoms with Gasteiger partial charge in [0.15, 0.2) is 14.1 Å². The highest BCUT2D eigenvalue weighted by Crippen LogP contribution is 2.44. The zero-order valence-electron chi connectivity index (χ0n) is 15.2. The van der Waals surface area contributed by atoms with Gasteiger partial charge in [0.25, 0.3) is 0 Å². The van der Waals surface area contributed by atoms with E-state index in [1.54, 1.807) is 7.11 Å². The Labute approximate surface area is 131 Å². The number of rotatable bonds is 4.